The molecule has 3 aromatic rings. The molecule has 1 aromatic carbocycles. The van der Waals surface area contributed by atoms with E-state index in [1.165, 1.54) is 12.1 Å². The van der Waals surface area contributed by atoms with Crippen molar-refractivity contribution < 1.29 is 23.6 Å². The molecule has 3 heterocycles. The zero-order valence-electron chi connectivity index (χ0n) is 18.4. The van der Waals surface area contributed by atoms with Crippen molar-refractivity contribution in [1.82, 2.24) is 14.5 Å². The Morgan fingerprint density at radius 1 is 1.21 bits per heavy atom. The van der Waals surface area contributed by atoms with Crippen molar-refractivity contribution in [3.63, 3.8) is 0 Å². The fraction of sp³-hybridized carbons (Fsp3) is 0.304. The van der Waals surface area contributed by atoms with Crippen molar-refractivity contribution in [2.24, 2.45) is 0 Å². The Kier molecular flexibility index (Phi) is 5.75. The highest BCUT2D eigenvalue weighted by molar-refractivity contribution is 5.75. The van der Waals surface area contributed by atoms with Crippen LogP contribution in [-0.4, -0.2) is 44.2 Å². The summed E-state index contributed by atoms with van der Waals surface area (Å²) in [7, 11) is 0. The van der Waals surface area contributed by atoms with Crippen LogP contribution in [-0.2, 0) is 4.74 Å². The van der Waals surface area contributed by atoms with Crippen molar-refractivity contribution in [3.05, 3.63) is 70.3 Å². The summed E-state index contributed by atoms with van der Waals surface area (Å²) >= 11 is 0. The van der Waals surface area contributed by atoms with Crippen LogP contribution in [0.5, 0.6) is 11.5 Å². The molecule has 0 bridgehead atoms. The van der Waals surface area contributed by atoms with Crippen LogP contribution in [0.15, 0.2) is 48.8 Å². The minimum atomic E-state index is -0.836. The average Bonchev–Trinajstić information content (AvgIpc) is 3.23. The third-order valence-electron chi connectivity index (χ3n) is 5.05. The first kappa shape index (κ1) is 22.3. The predicted molar refractivity (Wildman–Crippen MR) is 119 cm³/mol. The lowest BCUT2D eigenvalue weighted by atomic mass is 10.0. The number of aromatic nitrogens is 2. The predicted octanol–water partition coefficient (Wildman–Crippen LogP) is 5.20. The molecule has 0 saturated carbocycles. The van der Waals surface area contributed by atoms with Gasteiger partial charge in [0.15, 0.2) is 17.3 Å². The lowest BCUT2D eigenvalue weighted by Gasteiger charge is -2.29. The van der Waals surface area contributed by atoms with Crippen LogP contribution in [0.1, 0.15) is 32.8 Å². The molecule has 0 unspecified atom stereocenters. The summed E-state index contributed by atoms with van der Waals surface area (Å²) in [6.45, 7) is 6.36. The molecule has 4 rings (SSSR count). The standard InChI is InChI=1S/C23H23FN4O5/c1-23(2,3)33-22(29)26-10-7-15(8-11-26)16-12-21(19-6-9-25-27(19)14-16)32-20-5-4-17(28(30)31)13-18(20)24/h4-7,9,12-14H,8,10-11H2,1-3H3. The van der Waals surface area contributed by atoms with Gasteiger partial charge in [0, 0.05) is 25.4 Å². The van der Waals surface area contributed by atoms with Crippen LogP contribution in [0.3, 0.4) is 0 Å². The van der Waals surface area contributed by atoms with Crippen LogP contribution in [0.25, 0.3) is 11.1 Å². The summed E-state index contributed by atoms with van der Waals surface area (Å²) < 4.78 is 27.2. The van der Waals surface area contributed by atoms with Gasteiger partial charge in [0.1, 0.15) is 11.1 Å². The number of benzene rings is 1. The van der Waals surface area contributed by atoms with Gasteiger partial charge in [-0.1, -0.05) is 6.08 Å². The minimum absolute atomic E-state index is 0.130. The molecule has 0 spiro atoms. The molecule has 33 heavy (non-hydrogen) atoms. The van der Waals surface area contributed by atoms with E-state index in [-0.39, 0.29) is 17.5 Å². The van der Waals surface area contributed by atoms with E-state index in [0.29, 0.717) is 30.8 Å². The molecular formula is C23H23FN4O5. The van der Waals surface area contributed by atoms with Crippen molar-refractivity contribution in [2.75, 3.05) is 13.1 Å². The van der Waals surface area contributed by atoms with Crippen molar-refractivity contribution in [3.8, 4) is 11.5 Å². The molecule has 0 saturated heterocycles. The first-order chi connectivity index (χ1) is 15.6. The van der Waals surface area contributed by atoms with E-state index in [4.69, 9.17) is 9.47 Å². The Morgan fingerprint density at radius 3 is 2.64 bits per heavy atom. The van der Waals surface area contributed by atoms with Gasteiger partial charge >= 0.3 is 6.09 Å². The van der Waals surface area contributed by atoms with Crippen LogP contribution >= 0.6 is 0 Å². The fourth-order valence-corrected chi connectivity index (χ4v) is 3.48. The molecule has 172 valence electrons. The number of hydrogen-bond acceptors (Lipinski definition) is 6. The Balaban J connectivity index is 1.60. The number of amides is 1. The number of hydrogen-bond donors (Lipinski definition) is 0. The van der Waals surface area contributed by atoms with Crippen LogP contribution in [0, 0.1) is 15.9 Å². The van der Waals surface area contributed by atoms with Gasteiger partial charge in [-0.05, 0) is 56.5 Å². The Morgan fingerprint density at radius 2 is 2.00 bits per heavy atom. The van der Waals surface area contributed by atoms with Crippen LogP contribution in [0.4, 0.5) is 14.9 Å². The number of carbonyl (C=O) groups is 1. The number of pyridine rings is 1. The summed E-state index contributed by atoms with van der Waals surface area (Å²) in [6, 6.07) is 6.73. The van der Waals surface area contributed by atoms with Crippen LogP contribution in [0.2, 0.25) is 0 Å². The number of fused-ring (bicyclic) bond motifs is 1. The molecule has 0 radical (unpaired) electrons. The lowest BCUT2D eigenvalue weighted by Crippen LogP contribution is -2.39. The number of nitro benzene ring substituents is 1. The Hall–Kier alpha value is -3.95. The van der Waals surface area contributed by atoms with E-state index >= 15 is 0 Å². The summed E-state index contributed by atoms with van der Waals surface area (Å²) in [5, 5.41) is 15.1. The normalized spacial score (nSPS) is 14.2. The van der Waals surface area contributed by atoms with Gasteiger partial charge in [0.2, 0.25) is 0 Å². The van der Waals surface area contributed by atoms with E-state index in [1.54, 1.807) is 27.7 Å². The molecule has 0 atom stereocenters. The summed E-state index contributed by atoms with van der Waals surface area (Å²) in [5.74, 6) is -0.611. The maximum atomic E-state index is 14.4. The van der Waals surface area contributed by atoms with E-state index in [2.05, 4.69) is 5.10 Å². The third kappa shape index (κ3) is 4.94. The first-order valence-corrected chi connectivity index (χ1v) is 10.4. The number of halogens is 1. The highest BCUT2D eigenvalue weighted by Crippen LogP contribution is 2.33. The highest BCUT2D eigenvalue weighted by atomic mass is 19.1. The van der Waals surface area contributed by atoms with Gasteiger partial charge in [-0.3, -0.25) is 10.1 Å². The lowest BCUT2D eigenvalue weighted by molar-refractivity contribution is -0.385. The highest BCUT2D eigenvalue weighted by Gasteiger charge is 2.24. The van der Waals surface area contributed by atoms with E-state index in [9.17, 15) is 19.3 Å². The first-order valence-electron chi connectivity index (χ1n) is 10.4. The number of rotatable bonds is 4. The maximum absolute atomic E-state index is 14.4. The fourth-order valence-electron chi connectivity index (χ4n) is 3.48. The van der Waals surface area contributed by atoms with Crippen molar-refractivity contribution >= 4 is 22.9 Å². The average molecular weight is 454 g/mol. The van der Waals surface area contributed by atoms with Gasteiger partial charge in [-0.15, -0.1) is 0 Å². The van der Waals surface area contributed by atoms with Crippen molar-refractivity contribution in [1.29, 1.82) is 0 Å². The number of ether oxygens (including phenoxy) is 2. The number of non-ortho nitro benzene ring substituents is 1. The molecule has 9 nitrogen and oxygen atoms in total. The molecule has 0 N–H and O–H groups in total. The zero-order valence-corrected chi connectivity index (χ0v) is 18.4. The molecular weight excluding hydrogens is 431 g/mol. The summed E-state index contributed by atoms with van der Waals surface area (Å²) in [6.07, 6.45) is 5.60. The molecule has 10 heteroatoms. The molecule has 1 aliphatic rings. The smallest absolute Gasteiger partial charge is 0.410 e. The van der Waals surface area contributed by atoms with Crippen LogP contribution < -0.4 is 4.74 Å². The van der Waals surface area contributed by atoms with Gasteiger partial charge in [0.05, 0.1) is 17.2 Å². The third-order valence-corrected chi connectivity index (χ3v) is 5.05. The summed E-state index contributed by atoms with van der Waals surface area (Å²) in [4.78, 5) is 24.1. The van der Waals surface area contributed by atoms with E-state index in [0.717, 1.165) is 17.2 Å². The Labute approximate surface area is 189 Å². The van der Waals surface area contributed by atoms with Crippen molar-refractivity contribution in [2.45, 2.75) is 32.8 Å². The van der Waals surface area contributed by atoms with Gasteiger partial charge < -0.3 is 14.4 Å². The number of nitrogens with zero attached hydrogens (tertiary/aromatic N) is 4. The van der Waals surface area contributed by atoms with E-state index in [1.807, 2.05) is 33.0 Å². The second-order valence-corrected chi connectivity index (χ2v) is 8.63. The maximum Gasteiger partial charge on any atom is 0.410 e. The topological polar surface area (TPSA) is 99.2 Å². The second-order valence-electron chi connectivity index (χ2n) is 8.63. The Bertz CT molecular complexity index is 1260. The number of nitro groups is 1. The molecule has 0 fully saturated rings. The molecule has 0 aliphatic carbocycles. The van der Waals surface area contributed by atoms with E-state index < -0.39 is 16.3 Å². The number of carbonyl (C=O) groups excluding carboxylic acids is 1. The van der Waals surface area contributed by atoms with Gasteiger partial charge in [0.25, 0.3) is 5.69 Å². The van der Waals surface area contributed by atoms with Gasteiger partial charge in [-0.25, -0.2) is 13.7 Å². The minimum Gasteiger partial charge on any atom is -0.452 e. The zero-order chi connectivity index (χ0) is 23.8. The molecule has 1 aliphatic heterocycles. The SMILES string of the molecule is CC(C)(C)OC(=O)N1CC=C(c2cc(Oc3ccc([N+](=O)[O-])cc3F)c3ccnn3c2)CC1. The molecule has 1 amide bonds. The largest absolute Gasteiger partial charge is 0.452 e. The molecule has 2 aromatic heterocycles. The quantitative estimate of drug-likeness (QED) is 0.397. The second kappa shape index (κ2) is 8.53. The summed E-state index contributed by atoms with van der Waals surface area (Å²) in [5.41, 5.74) is 1.49. The monoisotopic (exact) mass is 454 g/mol. The van der Waals surface area contributed by atoms with Gasteiger partial charge in [-0.2, -0.15) is 5.10 Å².